The van der Waals surface area contributed by atoms with Gasteiger partial charge < -0.3 is 5.73 Å². The SMILES string of the molecule is NCC1(c2ccccc2-n2nccn2)CCCCC1. The van der Waals surface area contributed by atoms with Crippen LogP contribution in [-0.2, 0) is 5.41 Å². The Hall–Kier alpha value is -1.68. The highest BCUT2D eigenvalue weighted by Crippen LogP contribution is 2.40. The third-order valence-corrected chi connectivity index (χ3v) is 4.31. The van der Waals surface area contributed by atoms with Gasteiger partial charge in [-0.1, -0.05) is 37.5 Å². The minimum atomic E-state index is 0.0997. The third kappa shape index (κ3) is 2.16. The van der Waals surface area contributed by atoms with Crippen LogP contribution >= 0.6 is 0 Å². The van der Waals surface area contributed by atoms with Crippen LogP contribution in [0.1, 0.15) is 37.7 Å². The molecule has 0 atom stereocenters. The second-order valence-electron chi connectivity index (χ2n) is 5.38. The summed E-state index contributed by atoms with van der Waals surface area (Å²) in [6.07, 6.45) is 9.61. The van der Waals surface area contributed by atoms with Crippen LogP contribution in [0.25, 0.3) is 5.69 Å². The second kappa shape index (κ2) is 5.13. The first-order valence-electron chi connectivity index (χ1n) is 7.02. The van der Waals surface area contributed by atoms with Gasteiger partial charge in [-0.25, -0.2) is 0 Å². The van der Waals surface area contributed by atoms with E-state index < -0.39 is 0 Å². The molecule has 0 amide bonds. The molecule has 100 valence electrons. The van der Waals surface area contributed by atoms with Crippen LogP contribution in [0.3, 0.4) is 0 Å². The summed E-state index contributed by atoms with van der Waals surface area (Å²) in [6.45, 7) is 0.700. The number of benzene rings is 1. The van der Waals surface area contributed by atoms with Crippen LogP contribution in [0.2, 0.25) is 0 Å². The molecule has 3 rings (SSSR count). The Kier molecular flexibility index (Phi) is 3.34. The van der Waals surface area contributed by atoms with Gasteiger partial charge in [0.2, 0.25) is 0 Å². The number of hydrogen-bond acceptors (Lipinski definition) is 3. The smallest absolute Gasteiger partial charge is 0.0894 e. The summed E-state index contributed by atoms with van der Waals surface area (Å²) >= 11 is 0. The Balaban J connectivity index is 2.09. The maximum atomic E-state index is 6.14. The molecule has 1 fully saturated rings. The summed E-state index contributed by atoms with van der Waals surface area (Å²) in [5.41, 5.74) is 8.61. The van der Waals surface area contributed by atoms with E-state index in [0.717, 1.165) is 5.69 Å². The van der Waals surface area contributed by atoms with Crippen LogP contribution in [0, 0.1) is 0 Å². The molecule has 0 radical (unpaired) electrons. The Bertz CT molecular complexity index is 527. The summed E-state index contributed by atoms with van der Waals surface area (Å²) in [5.74, 6) is 0. The zero-order valence-electron chi connectivity index (χ0n) is 11.1. The van der Waals surface area contributed by atoms with Crippen molar-refractivity contribution < 1.29 is 0 Å². The first kappa shape index (κ1) is 12.4. The molecule has 19 heavy (non-hydrogen) atoms. The lowest BCUT2D eigenvalue weighted by molar-refractivity contribution is 0.299. The molecule has 1 saturated carbocycles. The Morgan fingerprint density at radius 1 is 1.05 bits per heavy atom. The van der Waals surface area contributed by atoms with Crippen molar-refractivity contribution in [3.05, 3.63) is 42.2 Å². The Labute approximate surface area is 113 Å². The number of hydrogen-bond donors (Lipinski definition) is 1. The number of nitrogens with two attached hydrogens (primary N) is 1. The molecule has 0 unspecified atom stereocenters. The zero-order chi connectivity index (χ0) is 13.1. The highest BCUT2D eigenvalue weighted by atomic mass is 15.5. The Morgan fingerprint density at radius 3 is 2.42 bits per heavy atom. The molecule has 0 bridgehead atoms. The third-order valence-electron chi connectivity index (χ3n) is 4.31. The van der Waals surface area contributed by atoms with E-state index in [9.17, 15) is 0 Å². The fourth-order valence-electron chi connectivity index (χ4n) is 3.25. The van der Waals surface area contributed by atoms with E-state index in [4.69, 9.17) is 5.73 Å². The van der Waals surface area contributed by atoms with Gasteiger partial charge in [-0.3, -0.25) is 0 Å². The molecule has 1 aliphatic carbocycles. The normalized spacial score (nSPS) is 18.4. The minimum Gasteiger partial charge on any atom is -0.330 e. The fraction of sp³-hybridized carbons (Fsp3) is 0.467. The standard InChI is InChI=1S/C15H20N4/c16-12-15(8-4-1-5-9-15)13-6-2-3-7-14(13)19-17-10-11-18-19/h2-3,6-7,10-11H,1,4-5,8-9,12,16H2. The monoisotopic (exact) mass is 256 g/mol. The lowest BCUT2D eigenvalue weighted by atomic mass is 9.69. The van der Waals surface area contributed by atoms with Crippen molar-refractivity contribution in [1.82, 2.24) is 15.0 Å². The van der Waals surface area contributed by atoms with E-state index in [-0.39, 0.29) is 5.41 Å². The van der Waals surface area contributed by atoms with Crippen molar-refractivity contribution in [3.63, 3.8) is 0 Å². The summed E-state index contributed by atoms with van der Waals surface area (Å²) in [4.78, 5) is 1.71. The van der Waals surface area contributed by atoms with Gasteiger partial charge in [-0.05, 0) is 24.5 Å². The maximum absolute atomic E-state index is 6.14. The van der Waals surface area contributed by atoms with E-state index in [1.165, 1.54) is 37.7 Å². The number of aromatic nitrogens is 3. The van der Waals surface area contributed by atoms with Crippen molar-refractivity contribution >= 4 is 0 Å². The average Bonchev–Trinajstić information content (AvgIpc) is 3.02. The molecule has 1 aromatic heterocycles. The van der Waals surface area contributed by atoms with Gasteiger partial charge >= 0.3 is 0 Å². The van der Waals surface area contributed by atoms with Gasteiger partial charge in [0, 0.05) is 12.0 Å². The van der Waals surface area contributed by atoms with E-state index in [0.29, 0.717) is 6.54 Å². The van der Waals surface area contributed by atoms with Crippen LogP contribution in [0.5, 0.6) is 0 Å². The molecule has 1 heterocycles. The first-order valence-corrected chi connectivity index (χ1v) is 7.02. The van der Waals surface area contributed by atoms with Gasteiger partial charge in [-0.2, -0.15) is 15.0 Å². The fourth-order valence-corrected chi connectivity index (χ4v) is 3.25. The molecule has 4 heteroatoms. The van der Waals surface area contributed by atoms with Crippen LogP contribution < -0.4 is 5.73 Å². The summed E-state index contributed by atoms with van der Waals surface area (Å²) in [6, 6.07) is 8.40. The second-order valence-corrected chi connectivity index (χ2v) is 5.38. The zero-order valence-corrected chi connectivity index (χ0v) is 11.1. The van der Waals surface area contributed by atoms with Crippen LogP contribution in [0.4, 0.5) is 0 Å². The predicted molar refractivity (Wildman–Crippen MR) is 75.2 cm³/mol. The molecule has 1 aliphatic rings. The molecular formula is C15H20N4. The summed E-state index contributed by atoms with van der Waals surface area (Å²) in [7, 11) is 0. The van der Waals surface area contributed by atoms with Crippen LogP contribution in [0.15, 0.2) is 36.7 Å². The first-order chi connectivity index (χ1) is 9.36. The maximum Gasteiger partial charge on any atom is 0.0894 e. The van der Waals surface area contributed by atoms with Crippen LogP contribution in [-0.4, -0.2) is 21.5 Å². The predicted octanol–water partition coefficient (Wildman–Crippen LogP) is 2.43. The topological polar surface area (TPSA) is 56.7 Å². The average molecular weight is 256 g/mol. The van der Waals surface area contributed by atoms with Crippen molar-refractivity contribution in [2.75, 3.05) is 6.54 Å². The highest BCUT2D eigenvalue weighted by Gasteiger charge is 2.34. The molecule has 0 aliphatic heterocycles. The number of para-hydroxylation sites is 1. The minimum absolute atomic E-state index is 0.0997. The van der Waals surface area contributed by atoms with Gasteiger partial charge in [0.05, 0.1) is 18.1 Å². The van der Waals surface area contributed by atoms with Gasteiger partial charge in [-0.15, -0.1) is 0 Å². The largest absolute Gasteiger partial charge is 0.330 e. The van der Waals surface area contributed by atoms with E-state index >= 15 is 0 Å². The van der Waals surface area contributed by atoms with Gasteiger partial charge in [0.15, 0.2) is 0 Å². The van der Waals surface area contributed by atoms with E-state index in [1.807, 2.05) is 6.07 Å². The molecule has 2 aromatic rings. The molecular weight excluding hydrogens is 236 g/mol. The molecule has 0 saturated heterocycles. The Morgan fingerprint density at radius 2 is 1.74 bits per heavy atom. The lowest BCUT2D eigenvalue weighted by Crippen LogP contribution is -2.38. The molecule has 2 N–H and O–H groups in total. The van der Waals surface area contributed by atoms with Gasteiger partial charge in [0.1, 0.15) is 0 Å². The summed E-state index contributed by atoms with van der Waals surface area (Å²) in [5, 5.41) is 8.54. The van der Waals surface area contributed by atoms with Crippen molar-refractivity contribution in [3.8, 4) is 5.69 Å². The van der Waals surface area contributed by atoms with Gasteiger partial charge in [0.25, 0.3) is 0 Å². The molecule has 4 nitrogen and oxygen atoms in total. The highest BCUT2D eigenvalue weighted by molar-refractivity contribution is 5.45. The molecule has 1 aromatic carbocycles. The van der Waals surface area contributed by atoms with E-state index in [2.05, 4.69) is 28.4 Å². The summed E-state index contributed by atoms with van der Waals surface area (Å²) < 4.78 is 0. The quantitative estimate of drug-likeness (QED) is 0.917. The van der Waals surface area contributed by atoms with E-state index in [1.54, 1.807) is 17.2 Å². The van der Waals surface area contributed by atoms with Crippen molar-refractivity contribution in [1.29, 1.82) is 0 Å². The van der Waals surface area contributed by atoms with Crippen molar-refractivity contribution in [2.24, 2.45) is 5.73 Å². The molecule has 0 spiro atoms. The number of rotatable bonds is 3. The number of nitrogens with zero attached hydrogens (tertiary/aromatic N) is 3. The van der Waals surface area contributed by atoms with Crippen molar-refractivity contribution in [2.45, 2.75) is 37.5 Å². The lowest BCUT2D eigenvalue weighted by Gasteiger charge is -2.37.